The lowest BCUT2D eigenvalue weighted by Crippen LogP contribution is -2.42. The summed E-state index contributed by atoms with van der Waals surface area (Å²) in [6, 6.07) is 8.41. The van der Waals surface area contributed by atoms with Gasteiger partial charge in [0.15, 0.2) is 0 Å². The number of carbonyl (C=O) groups excluding carboxylic acids is 1. The minimum absolute atomic E-state index is 0.170. The van der Waals surface area contributed by atoms with Crippen LogP contribution in [-0.4, -0.2) is 25.5 Å². The number of benzene rings is 1. The molecule has 1 saturated heterocycles. The number of nitrogens with one attached hydrogen (secondary N) is 2. The molecule has 1 aromatic rings. The van der Waals surface area contributed by atoms with Crippen LogP contribution in [0, 0.1) is 18.8 Å². The van der Waals surface area contributed by atoms with E-state index >= 15 is 0 Å². The summed E-state index contributed by atoms with van der Waals surface area (Å²) in [4.78, 5) is 11.9. The number of carbonyl (C=O) groups is 1. The highest BCUT2D eigenvalue weighted by Crippen LogP contribution is 2.17. The first-order chi connectivity index (χ1) is 9.65. The molecular formula is C17H26N2O. The molecule has 1 aliphatic heterocycles. The largest absolute Gasteiger partial charge is 0.356 e. The van der Waals surface area contributed by atoms with Crippen molar-refractivity contribution in [2.75, 3.05) is 19.6 Å². The third-order valence-corrected chi connectivity index (χ3v) is 4.31. The van der Waals surface area contributed by atoms with Gasteiger partial charge in [-0.25, -0.2) is 0 Å². The summed E-state index contributed by atoms with van der Waals surface area (Å²) in [6.45, 7) is 7.30. The maximum Gasteiger partial charge on any atom is 0.220 e. The van der Waals surface area contributed by atoms with Crippen LogP contribution in [0.1, 0.15) is 30.9 Å². The van der Waals surface area contributed by atoms with Gasteiger partial charge in [-0.3, -0.25) is 4.79 Å². The van der Waals surface area contributed by atoms with Crippen LogP contribution in [0.5, 0.6) is 0 Å². The number of rotatable bonds is 5. The fourth-order valence-electron chi connectivity index (χ4n) is 2.67. The summed E-state index contributed by atoms with van der Waals surface area (Å²) in [7, 11) is 0. The highest BCUT2D eigenvalue weighted by atomic mass is 16.1. The molecule has 0 bridgehead atoms. The second-order valence-electron chi connectivity index (χ2n) is 6.02. The normalized spacial score (nSPS) is 22.5. The van der Waals surface area contributed by atoms with E-state index in [0.717, 1.165) is 26.1 Å². The van der Waals surface area contributed by atoms with Gasteiger partial charge in [0.05, 0.1) is 0 Å². The number of aryl methyl sites for hydroxylation is 2. The summed E-state index contributed by atoms with van der Waals surface area (Å²) in [6.07, 6.45) is 2.62. The van der Waals surface area contributed by atoms with Gasteiger partial charge in [-0.2, -0.15) is 0 Å². The van der Waals surface area contributed by atoms with Gasteiger partial charge in [0.25, 0.3) is 0 Å². The first kappa shape index (κ1) is 15.0. The Labute approximate surface area is 122 Å². The number of hydrogen-bond donors (Lipinski definition) is 2. The van der Waals surface area contributed by atoms with Crippen molar-refractivity contribution in [3.05, 3.63) is 35.4 Å². The van der Waals surface area contributed by atoms with Crippen molar-refractivity contribution in [3.63, 3.8) is 0 Å². The van der Waals surface area contributed by atoms with Crippen molar-refractivity contribution in [2.45, 2.75) is 33.1 Å². The van der Waals surface area contributed by atoms with Crippen molar-refractivity contribution in [1.29, 1.82) is 0 Å². The van der Waals surface area contributed by atoms with Crippen molar-refractivity contribution in [1.82, 2.24) is 10.6 Å². The zero-order chi connectivity index (χ0) is 14.4. The second-order valence-corrected chi connectivity index (χ2v) is 6.02. The Morgan fingerprint density at radius 1 is 1.35 bits per heavy atom. The average molecular weight is 274 g/mol. The molecule has 1 heterocycles. The Morgan fingerprint density at radius 3 is 2.80 bits per heavy atom. The second kappa shape index (κ2) is 7.44. The fourth-order valence-corrected chi connectivity index (χ4v) is 2.67. The maximum absolute atomic E-state index is 11.9. The number of amides is 1. The van der Waals surface area contributed by atoms with Crippen molar-refractivity contribution in [2.24, 2.45) is 11.8 Å². The van der Waals surface area contributed by atoms with Gasteiger partial charge in [-0.15, -0.1) is 0 Å². The molecule has 0 spiro atoms. The molecule has 1 amide bonds. The van der Waals surface area contributed by atoms with Gasteiger partial charge in [-0.05, 0) is 50.3 Å². The van der Waals surface area contributed by atoms with Crippen LogP contribution in [0.15, 0.2) is 24.3 Å². The van der Waals surface area contributed by atoms with Crippen molar-refractivity contribution < 1.29 is 4.79 Å². The quantitative estimate of drug-likeness (QED) is 0.865. The lowest BCUT2D eigenvalue weighted by atomic mass is 9.88. The predicted molar refractivity (Wildman–Crippen MR) is 82.7 cm³/mol. The predicted octanol–water partition coefficient (Wildman–Crippen LogP) is 2.29. The molecule has 2 rings (SSSR count). The first-order valence-electron chi connectivity index (χ1n) is 7.68. The molecule has 3 nitrogen and oxygen atoms in total. The lowest BCUT2D eigenvalue weighted by molar-refractivity contribution is -0.121. The highest BCUT2D eigenvalue weighted by molar-refractivity contribution is 5.76. The van der Waals surface area contributed by atoms with E-state index in [2.05, 4.69) is 48.7 Å². The SMILES string of the molecule is Cc1ccc(CCC(=O)NCC2CNCCC2C)cc1. The molecule has 1 aromatic carbocycles. The van der Waals surface area contributed by atoms with Gasteiger partial charge >= 0.3 is 0 Å². The van der Waals surface area contributed by atoms with Crippen molar-refractivity contribution in [3.8, 4) is 0 Å². The summed E-state index contributed by atoms with van der Waals surface area (Å²) < 4.78 is 0. The van der Waals surface area contributed by atoms with Gasteiger partial charge in [-0.1, -0.05) is 36.8 Å². The Kier molecular flexibility index (Phi) is 5.60. The molecule has 1 fully saturated rings. The Balaban J connectivity index is 1.68. The standard InChI is InChI=1S/C17H26N2O/c1-13-3-5-15(6-4-13)7-8-17(20)19-12-16-11-18-10-9-14(16)2/h3-6,14,16,18H,7-12H2,1-2H3,(H,19,20). The molecule has 1 aliphatic rings. The van der Waals surface area contributed by atoms with Gasteiger partial charge in [0.2, 0.25) is 5.91 Å². The van der Waals surface area contributed by atoms with E-state index in [9.17, 15) is 4.79 Å². The van der Waals surface area contributed by atoms with Crippen LogP contribution < -0.4 is 10.6 Å². The molecule has 110 valence electrons. The molecule has 20 heavy (non-hydrogen) atoms. The van der Waals surface area contributed by atoms with E-state index < -0.39 is 0 Å². The van der Waals surface area contributed by atoms with Crippen LogP contribution in [0.4, 0.5) is 0 Å². The number of piperidine rings is 1. The molecule has 2 unspecified atom stereocenters. The Bertz CT molecular complexity index is 427. The third kappa shape index (κ3) is 4.64. The summed E-state index contributed by atoms with van der Waals surface area (Å²) in [5, 5.41) is 6.49. The van der Waals surface area contributed by atoms with E-state index in [-0.39, 0.29) is 5.91 Å². The van der Waals surface area contributed by atoms with E-state index in [1.54, 1.807) is 0 Å². The average Bonchev–Trinajstić information content (AvgIpc) is 2.46. The van der Waals surface area contributed by atoms with Crippen LogP contribution in [0.25, 0.3) is 0 Å². The molecular weight excluding hydrogens is 248 g/mol. The van der Waals surface area contributed by atoms with E-state index in [1.807, 2.05) is 0 Å². The fraction of sp³-hybridized carbons (Fsp3) is 0.588. The highest BCUT2D eigenvalue weighted by Gasteiger charge is 2.21. The van der Waals surface area contributed by atoms with E-state index in [4.69, 9.17) is 0 Å². The minimum Gasteiger partial charge on any atom is -0.356 e. The first-order valence-corrected chi connectivity index (χ1v) is 7.68. The van der Waals surface area contributed by atoms with Crippen LogP contribution in [-0.2, 0) is 11.2 Å². The molecule has 3 heteroatoms. The van der Waals surface area contributed by atoms with Gasteiger partial charge < -0.3 is 10.6 Å². The Hall–Kier alpha value is -1.35. The summed E-state index contributed by atoms with van der Waals surface area (Å²) in [5.41, 5.74) is 2.50. The van der Waals surface area contributed by atoms with Gasteiger partial charge in [0, 0.05) is 13.0 Å². The van der Waals surface area contributed by atoms with Gasteiger partial charge in [0.1, 0.15) is 0 Å². The van der Waals surface area contributed by atoms with E-state index in [1.165, 1.54) is 17.5 Å². The minimum atomic E-state index is 0.170. The van der Waals surface area contributed by atoms with Crippen LogP contribution in [0.2, 0.25) is 0 Å². The maximum atomic E-state index is 11.9. The summed E-state index contributed by atoms with van der Waals surface area (Å²) >= 11 is 0. The third-order valence-electron chi connectivity index (χ3n) is 4.31. The van der Waals surface area contributed by atoms with E-state index in [0.29, 0.717) is 18.3 Å². The molecule has 2 atom stereocenters. The smallest absolute Gasteiger partial charge is 0.220 e. The van der Waals surface area contributed by atoms with Crippen LogP contribution in [0.3, 0.4) is 0 Å². The topological polar surface area (TPSA) is 41.1 Å². The molecule has 0 saturated carbocycles. The zero-order valence-corrected chi connectivity index (χ0v) is 12.6. The van der Waals surface area contributed by atoms with Crippen LogP contribution >= 0.6 is 0 Å². The molecule has 0 aliphatic carbocycles. The summed E-state index contributed by atoms with van der Waals surface area (Å²) in [5.74, 6) is 1.45. The molecule has 0 radical (unpaired) electrons. The zero-order valence-electron chi connectivity index (χ0n) is 12.6. The lowest BCUT2D eigenvalue weighted by Gasteiger charge is -2.29. The monoisotopic (exact) mass is 274 g/mol. The van der Waals surface area contributed by atoms with Crippen molar-refractivity contribution >= 4 is 5.91 Å². The molecule has 2 N–H and O–H groups in total. The Morgan fingerprint density at radius 2 is 2.10 bits per heavy atom. The number of hydrogen-bond acceptors (Lipinski definition) is 2. The molecule has 0 aromatic heterocycles.